The van der Waals surface area contributed by atoms with E-state index >= 15 is 0 Å². The molecule has 0 saturated carbocycles. The number of pyridine rings is 1. The zero-order valence-electron chi connectivity index (χ0n) is 15.0. The first-order valence-electron chi connectivity index (χ1n) is 8.56. The Hall–Kier alpha value is -2.95. The quantitative estimate of drug-likeness (QED) is 0.623. The van der Waals surface area contributed by atoms with Crippen LogP contribution in [0, 0.1) is 5.92 Å². The van der Waals surface area contributed by atoms with Gasteiger partial charge in [-0.15, -0.1) is 0 Å². The van der Waals surface area contributed by atoms with Gasteiger partial charge < -0.3 is 15.3 Å². The highest BCUT2D eigenvalue weighted by Crippen LogP contribution is 2.33. The number of fused-ring (bicyclic) bond motifs is 3. The van der Waals surface area contributed by atoms with Crippen molar-refractivity contribution in [3.8, 4) is 0 Å². The molecule has 1 fully saturated rings. The first-order chi connectivity index (χ1) is 13.3. The molecule has 0 radical (unpaired) electrons. The largest absolute Gasteiger partial charge is 0.481 e. The second-order valence-corrected chi connectivity index (χ2v) is 6.40. The summed E-state index contributed by atoms with van der Waals surface area (Å²) in [5, 5.41) is 20.2. The third-order valence-corrected chi connectivity index (χ3v) is 4.42. The number of carbonyl (C=O) groups is 1. The first kappa shape index (κ1) is 19.8. The van der Waals surface area contributed by atoms with Gasteiger partial charge in [0, 0.05) is 30.1 Å². The van der Waals surface area contributed by atoms with Crippen molar-refractivity contribution in [3.63, 3.8) is 0 Å². The zero-order valence-corrected chi connectivity index (χ0v) is 15.0. The summed E-state index contributed by atoms with van der Waals surface area (Å²) in [6.07, 6.45) is 1.79. The summed E-state index contributed by atoms with van der Waals surface area (Å²) in [5.41, 5.74) is 2.46. The first-order valence-corrected chi connectivity index (χ1v) is 8.56. The molecule has 4 rings (SSSR count). The number of hydrogen-bond acceptors (Lipinski definition) is 6. The summed E-state index contributed by atoms with van der Waals surface area (Å²) < 4.78 is 33.0. The molecule has 0 spiro atoms. The molecule has 1 atom stereocenters. The standard InChI is InChI=1S/C14H13N5O2.C3H6F3N/c20-14(21)8-2-4-19(7-8)11-6-17-18-10-5-16-13-9(12(10)11)1-3-15-13;1-7-2-3(4,5)6/h1,3,5-6,8,18H,2,4,7H2,(H,20,21);7H,2H2,1H3. The molecule has 3 aromatic rings. The van der Waals surface area contributed by atoms with E-state index in [-0.39, 0.29) is 5.92 Å². The number of nitrogens with one attached hydrogen (secondary N) is 2. The Bertz CT molecular complexity index is 974. The summed E-state index contributed by atoms with van der Waals surface area (Å²) in [5.74, 6) is -1.06. The number of rotatable bonds is 3. The molecular weight excluding hydrogens is 377 g/mol. The van der Waals surface area contributed by atoms with Crippen molar-refractivity contribution >= 4 is 33.6 Å². The molecule has 3 aromatic heterocycles. The molecule has 0 aromatic carbocycles. The van der Waals surface area contributed by atoms with E-state index in [0.717, 1.165) is 28.5 Å². The molecule has 150 valence electrons. The number of aliphatic carboxylic acids is 1. The Labute approximate surface area is 157 Å². The van der Waals surface area contributed by atoms with Crippen molar-refractivity contribution < 1.29 is 23.1 Å². The lowest BCUT2D eigenvalue weighted by atomic mass is 10.1. The Kier molecular flexibility index (Phi) is 5.63. The van der Waals surface area contributed by atoms with Gasteiger partial charge >= 0.3 is 12.1 Å². The fraction of sp³-hybridized carbons (Fsp3) is 0.412. The number of anilines is 1. The Balaban J connectivity index is 0.000000279. The maximum Gasteiger partial charge on any atom is 0.401 e. The smallest absolute Gasteiger partial charge is 0.401 e. The molecule has 3 N–H and O–H groups in total. The van der Waals surface area contributed by atoms with Crippen LogP contribution in [0.5, 0.6) is 0 Å². The topological polar surface area (TPSA) is 107 Å². The van der Waals surface area contributed by atoms with Crippen LogP contribution < -0.4 is 10.2 Å². The van der Waals surface area contributed by atoms with Crippen LogP contribution in [0.25, 0.3) is 21.9 Å². The van der Waals surface area contributed by atoms with Crippen LogP contribution in [0.1, 0.15) is 6.42 Å². The van der Waals surface area contributed by atoms with Crippen LogP contribution >= 0.6 is 0 Å². The van der Waals surface area contributed by atoms with Crippen molar-refractivity contribution in [1.82, 2.24) is 25.5 Å². The lowest BCUT2D eigenvalue weighted by molar-refractivity contribution is -0.140. The van der Waals surface area contributed by atoms with Crippen molar-refractivity contribution in [2.45, 2.75) is 12.6 Å². The van der Waals surface area contributed by atoms with Crippen LogP contribution in [0.3, 0.4) is 0 Å². The van der Waals surface area contributed by atoms with Gasteiger partial charge in [-0.2, -0.15) is 18.3 Å². The van der Waals surface area contributed by atoms with E-state index in [1.165, 1.54) is 7.05 Å². The van der Waals surface area contributed by atoms with Crippen molar-refractivity contribution in [1.29, 1.82) is 0 Å². The van der Waals surface area contributed by atoms with Crippen LogP contribution in [-0.2, 0) is 4.79 Å². The summed E-state index contributed by atoms with van der Waals surface area (Å²) in [6, 6.07) is 1.92. The van der Waals surface area contributed by atoms with Crippen LogP contribution in [0.4, 0.5) is 18.9 Å². The molecule has 0 aliphatic carbocycles. The number of carboxylic acid groups (broad SMARTS) is 1. The lowest BCUT2D eigenvalue weighted by Gasteiger charge is -2.19. The van der Waals surface area contributed by atoms with Gasteiger partial charge in [-0.25, -0.2) is 9.97 Å². The van der Waals surface area contributed by atoms with Gasteiger partial charge in [0.1, 0.15) is 0 Å². The van der Waals surface area contributed by atoms with E-state index in [4.69, 9.17) is 5.11 Å². The van der Waals surface area contributed by atoms with Gasteiger partial charge in [0.25, 0.3) is 0 Å². The van der Waals surface area contributed by atoms with Gasteiger partial charge in [-0.05, 0) is 19.5 Å². The average molecular weight is 396 g/mol. The highest BCUT2D eigenvalue weighted by Gasteiger charge is 2.29. The predicted molar refractivity (Wildman–Crippen MR) is 97.1 cm³/mol. The lowest BCUT2D eigenvalue weighted by Crippen LogP contribution is -2.25. The van der Waals surface area contributed by atoms with Gasteiger partial charge in [0.15, 0.2) is 5.65 Å². The van der Waals surface area contributed by atoms with E-state index in [2.05, 4.69) is 25.1 Å². The number of aromatic amines is 1. The van der Waals surface area contributed by atoms with Gasteiger partial charge in [0.05, 0.1) is 36.1 Å². The Morgan fingerprint density at radius 1 is 1.39 bits per heavy atom. The van der Waals surface area contributed by atoms with Gasteiger partial charge in [-0.3, -0.25) is 9.89 Å². The van der Waals surface area contributed by atoms with Crippen LogP contribution in [0.15, 0.2) is 24.7 Å². The zero-order chi connectivity index (χ0) is 20.3. The van der Waals surface area contributed by atoms with E-state index in [1.54, 1.807) is 18.6 Å². The third kappa shape index (κ3) is 4.30. The summed E-state index contributed by atoms with van der Waals surface area (Å²) in [6.45, 7) is 0.316. The summed E-state index contributed by atoms with van der Waals surface area (Å²) in [7, 11) is 1.26. The van der Waals surface area contributed by atoms with Crippen LogP contribution in [0.2, 0.25) is 0 Å². The minimum atomic E-state index is -4.06. The summed E-state index contributed by atoms with van der Waals surface area (Å²) >= 11 is 0. The second-order valence-electron chi connectivity index (χ2n) is 6.40. The monoisotopic (exact) mass is 396 g/mol. The molecule has 1 saturated heterocycles. The molecule has 8 nitrogen and oxygen atoms in total. The Morgan fingerprint density at radius 3 is 2.79 bits per heavy atom. The third-order valence-electron chi connectivity index (χ3n) is 4.42. The number of H-pyrrole nitrogens is 1. The molecule has 0 amide bonds. The highest BCUT2D eigenvalue weighted by molar-refractivity contribution is 6.09. The molecule has 1 aliphatic rings. The fourth-order valence-corrected chi connectivity index (χ4v) is 3.17. The molecule has 1 unspecified atom stereocenters. The number of hydrogen-bond donors (Lipinski definition) is 3. The van der Waals surface area contributed by atoms with Crippen molar-refractivity contribution in [2.75, 3.05) is 31.6 Å². The molecule has 1 aliphatic heterocycles. The number of carboxylic acids is 1. The number of alkyl halides is 3. The number of nitrogens with zero attached hydrogens (tertiary/aromatic N) is 4. The summed E-state index contributed by atoms with van der Waals surface area (Å²) in [4.78, 5) is 21.7. The maximum absolute atomic E-state index is 11.1. The van der Waals surface area contributed by atoms with Crippen molar-refractivity contribution in [2.24, 2.45) is 5.92 Å². The fourth-order valence-electron chi connectivity index (χ4n) is 3.17. The number of halogens is 3. The highest BCUT2D eigenvalue weighted by atomic mass is 19.4. The van der Waals surface area contributed by atoms with Gasteiger partial charge in [0.2, 0.25) is 0 Å². The number of aromatic nitrogens is 4. The SMILES string of the molecule is CNCC(F)(F)F.O=C(O)C1CCN(c2cn[nH]c3cnc4nccc4c23)C1. The van der Waals surface area contributed by atoms with Crippen LogP contribution in [-0.4, -0.2) is 64.1 Å². The maximum atomic E-state index is 11.1. The van der Waals surface area contributed by atoms with E-state index in [1.807, 2.05) is 11.4 Å². The Morgan fingerprint density at radius 2 is 2.18 bits per heavy atom. The van der Waals surface area contributed by atoms with E-state index in [0.29, 0.717) is 18.6 Å². The average Bonchev–Trinajstić information content (AvgIpc) is 3.30. The van der Waals surface area contributed by atoms with E-state index < -0.39 is 18.7 Å². The van der Waals surface area contributed by atoms with Gasteiger partial charge in [-0.1, -0.05) is 0 Å². The molecule has 4 heterocycles. The normalized spacial score (nSPS) is 17.0. The van der Waals surface area contributed by atoms with E-state index in [9.17, 15) is 18.0 Å². The predicted octanol–water partition coefficient (Wildman–Crippen LogP) is 2.19. The molecule has 28 heavy (non-hydrogen) atoms. The van der Waals surface area contributed by atoms with Crippen molar-refractivity contribution in [3.05, 3.63) is 24.7 Å². The minimum Gasteiger partial charge on any atom is -0.481 e. The molecular formula is C17H19F3N6O2. The molecule has 11 heteroatoms. The minimum absolute atomic E-state index is 0.320. The molecule has 0 bridgehead atoms. The second kappa shape index (κ2) is 7.97.